The Kier molecular flexibility index (Phi) is 6.56. The number of aromatic nitrogens is 1. The van der Waals surface area contributed by atoms with Gasteiger partial charge >= 0.3 is 0 Å². The van der Waals surface area contributed by atoms with Crippen LogP contribution in [0.15, 0.2) is 73.1 Å². The van der Waals surface area contributed by atoms with Crippen LogP contribution < -0.4 is 0 Å². The van der Waals surface area contributed by atoms with Crippen molar-refractivity contribution in [1.82, 2.24) is 14.8 Å². The summed E-state index contributed by atoms with van der Waals surface area (Å²) in [6.07, 6.45) is 3.57. The van der Waals surface area contributed by atoms with Gasteiger partial charge in [0.15, 0.2) is 5.60 Å². The van der Waals surface area contributed by atoms with E-state index in [1.807, 2.05) is 12.1 Å². The first-order chi connectivity index (χ1) is 15.9. The molecule has 4 rings (SSSR count). The van der Waals surface area contributed by atoms with E-state index in [0.29, 0.717) is 25.1 Å². The van der Waals surface area contributed by atoms with Gasteiger partial charge in [-0.3, -0.25) is 14.6 Å². The van der Waals surface area contributed by atoms with Gasteiger partial charge < -0.3 is 14.5 Å². The average Bonchev–Trinajstić information content (AvgIpc) is 2.84. The van der Waals surface area contributed by atoms with E-state index in [1.165, 1.54) is 5.56 Å². The number of amides is 2. The monoisotopic (exact) mass is 443 g/mol. The van der Waals surface area contributed by atoms with Crippen LogP contribution in [0.4, 0.5) is 0 Å². The van der Waals surface area contributed by atoms with Crippen LogP contribution in [0.5, 0.6) is 0 Å². The number of carbonyl (C=O) groups is 2. The van der Waals surface area contributed by atoms with Gasteiger partial charge in [-0.15, -0.1) is 0 Å². The molecule has 170 valence electrons. The van der Waals surface area contributed by atoms with E-state index >= 15 is 0 Å². The molecule has 0 spiro atoms. The molecule has 3 aromatic rings. The van der Waals surface area contributed by atoms with Crippen molar-refractivity contribution in [1.29, 1.82) is 0 Å². The van der Waals surface area contributed by atoms with Gasteiger partial charge in [-0.2, -0.15) is 0 Å². The predicted molar refractivity (Wildman–Crippen MR) is 128 cm³/mol. The molecule has 1 aliphatic rings. The zero-order chi connectivity index (χ0) is 23.4. The number of pyridine rings is 1. The minimum Gasteiger partial charge on any atom is -0.361 e. The molecule has 1 aliphatic heterocycles. The maximum absolute atomic E-state index is 13.4. The molecule has 0 saturated carbocycles. The van der Waals surface area contributed by atoms with E-state index < -0.39 is 5.60 Å². The van der Waals surface area contributed by atoms with Gasteiger partial charge in [0.2, 0.25) is 0 Å². The minimum atomic E-state index is -1.15. The number of hydrogen-bond donors (Lipinski definition) is 0. The van der Waals surface area contributed by atoms with Gasteiger partial charge in [0.05, 0.1) is 18.7 Å². The summed E-state index contributed by atoms with van der Waals surface area (Å²) >= 11 is 0. The van der Waals surface area contributed by atoms with Gasteiger partial charge in [-0.25, -0.2) is 0 Å². The second-order valence-electron chi connectivity index (χ2n) is 8.75. The van der Waals surface area contributed by atoms with E-state index in [2.05, 4.69) is 48.3 Å². The van der Waals surface area contributed by atoms with Crippen LogP contribution in [-0.2, 0) is 16.0 Å². The van der Waals surface area contributed by atoms with E-state index in [9.17, 15) is 9.59 Å². The van der Waals surface area contributed by atoms with E-state index in [-0.39, 0.29) is 18.4 Å². The molecule has 1 saturated heterocycles. The summed E-state index contributed by atoms with van der Waals surface area (Å²) < 4.78 is 6.17. The van der Waals surface area contributed by atoms with Crippen molar-refractivity contribution < 1.29 is 14.3 Å². The lowest BCUT2D eigenvalue weighted by Crippen LogP contribution is -2.61. The van der Waals surface area contributed by atoms with Crippen molar-refractivity contribution in [2.75, 3.05) is 33.8 Å². The van der Waals surface area contributed by atoms with Crippen LogP contribution >= 0.6 is 0 Å². The second kappa shape index (κ2) is 9.55. The van der Waals surface area contributed by atoms with E-state index in [1.54, 1.807) is 48.4 Å². The molecule has 1 atom stereocenters. The highest BCUT2D eigenvalue weighted by Crippen LogP contribution is 2.29. The molecular formula is C27H29N3O3. The SMILES string of the molecule is Cc1ccc(-c2cccc(C[C@]3(C(=O)N(C)C)CN(C(=O)c4cccnc4)CCO3)c2)cc1. The molecule has 6 nitrogen and oxygen atoms in total. The standard InChI is InChI=1S/C27H29N3O3/c1-20-9-11-22(12-10-20)23-7-4-6-21(16-23)17-27(26(32)29(2)3)19-30(14-15-33-27)25(31)24-8-5-13-28-18-24/h4-13,16,18H,14-15,17,19H2,1-3H3/t27-/m1/s1. The number of aryl methyl sites for hydroxylation is 1. The summed E-state index contributed by atoms with van der Waals surface area (Å²) in [6.45, 7) is 2.98. The van der Waals surface area contributed by atoms with Crippen LogP contribution in [0.2, 0.25) is 0 Å². The smallest absolute Gasteiger partial charge is 0.256 e. The molecule has 0 bridgehead atoms. The molecule has 1 fully saturated rings. The third-order valence-electron chi connectivity index (χ3n) is 5.98. The summed E-state index contributed by atoms with van der Waals surface area (Å²) in [5, 5.41) is 0. The quantitative estimate of drug-likeness (QED) is 0.605. The largest absolute Gasteiger partial charge is 0.361 e. The average molecular weight is 444 g/mol. The molecule has 2 aromatic carbocycles. The maximum Gasteiger partial charge on any atom is 0.256 e. The van der Waals surface area contributed by atoms with Crippen LogP contribution in [-0.4, -0.2) is 66.0 Å². The first kappa shape index (κ1) is 22.7. The Morgan fingerprint density at radius 3 is 2.55 bits per heavy atom. The number of morpholine rings is 1. The topological polar surface area (TPSA) is 62.7 Å². The normalized spacial score (nSPS) is 18.1. The molecule has 33 heavy (non-hydrogen) atoms. The van der Waals surface area contributed by atoms with Crippen LogP contribution in [0.3, 0.4) is 0 Å². The number of likely N-dealkylation sites (N-methyl/N-ethyl adjacent to an activating group) is 1. The fraction of sp³-hybridized carbons (Fsp3) is 0.296. The van der Waals surface area contributed by atoms with Crippen molar-refractivity contribution in [3.63, 3.8) is 0 Å². The number of hydrogen-bond acceptors (Lipinski definition) is 4. The van der Waals surface area contributed by atoms with E-state index in [0.717, 1.165) is 16.7 Å². The Morgan fingerprint density at radius 2 is 1.85 bits per heavy atom. The fourth-order valence-electron chi connectivity index (χ4n) is 4.29. The summed E-state index contributed by atoms with van der Waals surface area (Å²) in [5.74, 6) is -0.289. The van der Waals surface area contributed by atoms with Gasteiger partial charge in [0.1, 0.15) is 0 Å². The maximum atomic E-state index is 13.4. The third-order valence-corrected chi connectivity index (χ3v) is 5.98. The Balaban J connectivity index is 1.64. The molecule has 0 aliphatic carbocycles. The molecule has 6 heteroatoms. The molecule has 0 radical (unpaired) electrons. The van der Waals surface area contributed by atoms with Gasteiger partial charge in [0, 0.05) is 39.5 Å². The molecule has 2 heterocycles. The van der Waals surface area contributed by atoms with Gasteiger partial charge in [0.25, 0.3) is 11.8 Å². The molecule has 1 aromatic heterocycles. The lowest BCUT2D eigenvalue weighted by molar-refractivity contribution is -0.165. The van der Waals surface area contributed by atoms with Crippen LogP contribution in [0.25, 0.3) is 11.1 Å². The fourth-order valence-corrected chi connectivity index (χ4v) is 4.29. The summed E-state index contributed by atoms with van der Waals surface area (Å²) in [7, 11) is 3.44. The van der Waals surface area contributed by atoms with Crippen LogP contribution in [0.1, 0.15) is 21.5 Å². The summed E-state index contributed by atoms with van der Waals surface area (Å²) in [5.41, 5.74) is 3.75. The Hall–Kier alpha value is -3.51. The number of nitrogens with zero attached hydrogens (tertiary/aromatic N) is 3. The van der Waals surface area contributed by atoms with Gasteiger partial charge in [-0.1, -0.05) is 54.1 Å². The number of rotatable bonds is 5. The Labute approximate surface area is 194 Å². The zero-order valence-electron chi connectivity index (χ0n) is 19.3. The first-order valence-electron chi connectivity index (χ1n) is 11.1. The summed E-state index contributed by atoms with van der Waals surface area (Å²) in [6, 6.07) is 20.0. The molecule has 2 amide bonds. The van der Waals surface area contributed by atoms with Crippen molar-refractivity contribution in [3.8, 4) is 11.1 Å². The minimum absolute atomic E-state index is 0.143. The number of carbonyl (C=O) groups excluding carboxylic acids is 2. The Morgan fingerprint density at radius 1 is 1.06 bits per heavy atom. The number of ether oxygens (including phenoxy) is 1. The van der Waals surface area contributed by atoms with Gasteiger partial charge in [-0.05, 0) is 35.7 Å². The number of benzene rings is 2. The van der Waals surface area contributed by atoms with Crippen molar-refractivity contribution >= 4 is 11.8 Å². The van der Waals surface area contributed by atoms with Crippen LogP contribution in [0, 0.1) is 6.92 Å². The van der Waals surface area contributed by atoms with E-state index in [4.69, 9.17) is 4.74 Å². The van der Waals surface area contributed by atoms with Crippen molar-refractivity contribution in [2.45, 2.75) is 18.9 Å². The lowest BCUT2D eigenvalue weighted by Gasteiger charge is -2.43. The first-order valence-corrected chi connectivity index (χ1v) is 11.1. The van der Waals surface area contributed by atoms with Crippen molar-refractivity contribution in [3.05, 3.63) is 89.7 Å². The molecular weight excluding hydrogens is 414 g/mol. The highest BCUT2D eigenvalue weighted by atomic mass is 16.5. The molecule has 0 unspecified atom stereocenters. The summed E-state index contributed by atoms with van der Waals surface area (Å²) in [4.78, 5) is 33.8. The molecule has 0 N–H and O–H groups in total. The van der Waals surface area contributed by atoms with Crippen molar-refractivity contribution in [2.24, 2.45) is 0 Å². The highest BCUT2D eigenvalue weighted by Gasteiger charge is 2.46. The zero-order valence-corrected chi connectivity index (χ0v) is 19.3. The highest BCUT2D eigenvalue weighted by molar-refractivity contribution is 5.95. The predicted octanol–water partition coefficient (Wildman–Crippen LogP) is 3.60. The Bertz CT molecular complexity index is 1130. The second-order valence-corrected chi connectivity index (χ2v) is 8.75. The third kappa shape index (κ3) is 4.96. The lowest BCUT2D eigenvalue weighted by atomic mass is 9.89.